The number of hydrogen-bond donors (Lipinski definition) is 1. The third kappa shape index (κ3) is 3.57. The molecule has 1 aromatic carbocycles. The summed E-state index contributed by atoms with van der Waals surface area (Å²) in [6, 6.07) is 6.02. The third-order valence-electron chi connectivity index (χ3n) is 4.52. The molecule has 0 aliphatic heterocycles. The summed E-state index contributed by atoms with van der Waals surface area (Å²) < 4.78 is 5.68. The van der Waals surface area contributed by atoms with Crippen LogP contribution >= 0.6 is 23.2 Å². The molecule has 0 saturated heterocycles. The van der Waals surface area contributed by atoms with Crippen molar-refractivity contribution in [3.63, 3.8) is 0 Å². The molecule has 0 radical (unpaired) electrons. The van der Waals surface area contributed by atoms with Gasteiger partial charge in [0.2, 0.25) is 0 Å². The maximum Gasteiger partial charge on any atom is 0.144 e. The maximum absolute atomic E-state index is 6.37. The fourth-order valence-electron chi connectivity index (χ4n) is 2.90. The molecule has 0 spiro atoms. The van der Waals surface area contributed by atoms with Crippen LogP contribution in [0.1, 0.15) is 56.8 Å². The van der Waals surface area contributed by atoms with Gasteiger partial charge in [-0.25, -0.2) is 0 Å². The molecule has 0 amide bonds. The van der Waals surface area contributed by atoms with Gasteiger partial charge in [-0.1, -0.05) is 48.3 Å². The van der Waals surface area contributed by atoms with Gasteiger partial charge < -0.3 is 9.84 Å². The molecule has 1 saturated carbocycles. The first kappa shape index (κ1) is 16.8. The van der Waals surface area contributed by atoms with Crippen molar-refractivity contribution in [2.75, 3.05) is 0 Å². The van der Waals surface area contributed by atoms with Gasteiger partial charge in [0.1, 0.15) is 11.5 Å². The summed E-state index contributed by atoms with van der Waals surface area (Å²) in [5.41, 5.74) is 2.66. The van der Waals surface area contributed by atoms with E-state index in [-0.39, 0.29) is 0 Å². The summed E-state index contributed by atoms with van der Waals surface area (Å²) in [4.78, 5) is 0. The molecule has 1 aliphatic carbocycles. The predicted octanol–water partition coefficient (Wildman–Crippen LogP) is 5.80. The van der Waals surface area contributed by atoms with E-state index < -0.39 is 0 Å². The lowest BCUT2D eigenvalue weighted by atomic mass is 10.0. The second-order valence-electron chi connectivity index (χ2n) is 6.14. The van der Waals surface area contributed by atoms with Crippen LogP contribution < -0.4 is 5.32 Å². The lowest BCUT2D eigenvalue weighted by molar-refractivity contribution is 0.382. The van der Waals surface area contributed by atoms with Crippen LogP contribution in [0.4, 0.5) is 0 Å². The molecule has 1 fully saturated rings. The van der Waals surface area contributed by atoms with Crippen molar-refractivity contribution in [3.8, 4) is 11.3 Å². The van der Waals surface area contributed by atoms with Crippen molar-refractivity contribution in [2.45, 2.75) is 58.0 Å². The monoisotopic (exact) mass is 352 g/mol. The summed E-state index contributed by atoms with van der Waals surface area (Å²) in [6.45, 7) is 5.13. The summed E-state index contributed by atoms with van der Waals surface area (Å²) in [5.74, 6) is 1.49. The quantitative estimate of drug-likeness (QED) is 0.683. The minimum absolute atomic E-state index is 0.492. The normalized spacial score (nSPS) is 14.7. The average Bonchev–Trinajstić information content (AvgIpc) is 3.30. The first-order valence-corrected chi connectivity index (χ1v) is 9.07. The molecule has 3 nitrogen and oxygen atoms in total. The Kier molecular flexibility index (Phi) is 5.30. The van der Waals surface area contributed by atoms with E-state index in [4.69, 9.17) is 27.7 Å². The van der Waals surface area contributed by atoms with E-state index in [9.17, 15) is 0 Å². The van der Waals surface area contributed by atoms with Gasteiger partial charge in [-0.3, -0.25) is 0 Å². The first-order valence-electron chi connectivity index (χ1n) is 8.31. The number of aromatic nitrogens is 1. The Bertz CT molecular complexity index is 655. The molecule has 1 N–H and O–H groups in total. The highest BCUT2D eigenvalue weighted by molar-refractivity contribution is 6.39. The topological polar surface area (TPSA) is 38.1 Å². The molecule has 3 rings (SSSR count). The van der Waals surface area contributed by atoms with Crippen molar-refractivity contribution < 1.29 is 4.52 Å². The zero-order valence-electron chi connectivity index (χ0n) is 13.5. The zero-order valence-corrected chi connectivity index (χ0v) is 15.0. The molecular formula is C18H22Cl2N2O. The van der Waals surface area contributed by atoms with E-state index in [1.165, 1.54) is 12.8 Å². The van der Waals surface area contributed by atoms with Crippen LogP contribution in [0.5, 0.6) is 0 Å². The summed E-state index contributed by atoms with van der Waals surface area (Å²) in [5, 5.41) is 9.14. The minimum Gasteiger partial charge on any atom is -0.360 e. The minimum atomic E-state index is 0.492. The van der Waals surface area contributed by atoms with E-state index in [2.05, 4.69) is 24.3 Å². The Balaban J connectivity index is 1.97. The van der Waals surface area contributed by atoms with Crippen LogP contribution in [-0.2, 0) is 6.54 Å². The van der Waals surface area contributed by atoms with Gasteiger partial charge in [0.25, 0.3) is 0 Å². The lowest BCUT2D eigenvalue weighted by Crippen LogP contribution is -2.27. The molecule has 0 atom stereocenters. The third-order valence-corrected chi connectivity index (χ3v) is 5.15. The van der Waals surface area contributed by atoms with Crippen LogP contribution in [0.3, 0.4) is 0 Å². The van der Waals surface area contributed by atoms with Crippen LogP contribution in [0.15, 0.2) is 22.7 Å². The number of benzene rings is 1. The number of hydrogen-bond acceptors (Lipinski definition) is 3. The van der Waals surface area contributed by atoms with Crippen LogP contribution in [-0.4, -0.2) is 11.2 Å². The maximum atomic E-state index is 6.37. The van der Waals surface area contributed by atoms with Gasteiger partial charge in [-0.15, -0.1) is 0 Å². The molecule has 0 unspecified atom stereocenters. The first-order chi connectivity index (χ1) is 11.2. The number of nitrogens with zero attached hydrogens (tertiary/aromatic N) is 1. The Morgan fingerprint density at radius 3 is 2.43 bits per heavy atom. The molecule has 1 aliphatic rings. The van der Waals surface area contributed by atoms with Gasteiger partial charge in [-0.2, -0.15) is 0 Å². The summed E-state index contributed by atoms with van der Waals surface area (Å²) in [7, 11) is 0. The molecule has 5 heteroatoms. The van der Waals surface area contributed by atoms with Crippen molar-refractivity contribution in [2.24, 2.45) is 0 Å². The molecule has 124 valence electrons. The fraction of sp³-hybridized carbons (Fsp3) is 0.500. The van der Waals surface area contributed by atoms with E-state index in [1.54, 1.807) is 0 Å². The van der Waals surface area contributed by atoms with Gasteiger partial charge in [0, 0.05) is 29.6 Å². The van der Waals surface area contributed by atoms with E-state index >= 15 is 0 Å². The van der Waals surface area contributed by atoms with Crippen molar-refractivity contribution >= 4 is 23.2 Å². The summed E-state index contributed by atoms with van der Waals surface area (Å²) >= 11 is 12.7. The number of halogens is 2. The second-order valence-corrected chi connectivity index (χ2v) is 6.95. The number of rotatable bonds is 7. The second kappa shape index (κ2) is 7.25. The van der Waals surface area contributed by atoms with Crippen molar-refractivity contribution in [1.29, 1.82) is 0 Å². The SMILES string of the molecule is CCC(CC)NCc1c(-c2c(Cl)cccc2Cl)noc1C1CC1. The lowest BCUT2D eigenvalue weighted by Gasteiger charge is -2.15. The van der Waals surface area contributed by atoms with Crippen LogP contribution in [0, 0.1) is 0 Å². The predicted molar refractivity (Wildman–Crippen MR) is 95.1 cm³/mol. The number of nitrogens with one attached hydrogen (secondary N) is 1. The van der Waals surface area contributed by atoms with E-state index in [1.807, 2.05) is 18.2 Å². The van der Waals surface area contributed by atoms with Crippen molar-refractivity contribution in [1.82, 2.24) is 10.5 Å². The van der Waals surface area contributed by atoms with Crippen molar-refractivity contribution in [3.05, 3.63) is 39.6 Å². The fourth-order valence-corrected chi connectivity index (χ4v) is 3.48. The average molecular weight is 353 g/mol. The van der Waals surface area contributed by atoms with Crippen LogP contribution in [0.2, 0.25) is 10.0 Å². The molecule has 1 heterocycles. The highest BCUT2D eigenvalue weighted by atomic mass is 35.5. The Morgan fingerprint density at radius 2 is 1.87 bits per heavy atom. The molecule has 23 heavy (non-hydrogen) atoms. The van der Waals surface area contributed by atoms with Gasteiger partial charge >= 0.3 is 0 Å². The highest BCUT2D eigenvalue weighted by Gasteiger charge is 2.33. The molecule has 1 aromatic heterocycles. The zero-order chi connectivity index (χ0) is 16.4. The molecule has 2 aromatic rings. The van der Waals surface area contributed by atoms with E-state index in [0.717, 1.165) is 42.0 Å². The molecule has 0 bridgehead atoms. The van der Waals surface area contributed by atoms with Gasteiger partial charge in [0.15, 0.2) is 0 Å². The Morgan fingerprint density at radius 1 is 1.22 bits per heavy atom. The Labute approximate surface area is 147 Å². The van der Waals surface area contributed by atoms with Crippen LogP contribution in [0.25, 0.3) is 11.3 Å². The largest absolute Gasteiger partial charge is 0.360 e. The molecular weight excluding hydrogens is 331 g/mol. The smallest absolute Gasteiger partial charge is 0.144 e. The standard InChI is InChI=1S/C18H22Cl2N2O/c1-3-12(4-2)21-10-13-17(22-23-18(13)11-8-9-11)16-14(19)6-5-7-15(16)20/h5-7,11-12,21H,3-4,8-10H2,1-2H3. The van der Waals surface area contributed by atoms with Gasteiger partial charge in [0.05, 0.1) is 10.0 Å². The summed E-state index contributed by atoms with van der Waals surface area (Å²) in [6.07, 6.45) is 4.54. The Hall–Kier alpha value is -1.03. The highest BCUT2D eigenvalue weighted by Crippen LogP contribution is 2.45. The van der Waals surface area contributed by atoms with Gasteiger partial charge in [-0.05, 0) is 37.8 Å². The van der Waals surface area contributed by atoms with E-state index in [0.29, 0.717) is 22.0 Å².